The highest BCUT2D eigenvalue weighted by Gasteiger charge is 2.29. The quantitative estimate of drug-likeness (QED) is 0.226. The van der Waals surface area contributed by atoms with Crippen LogP contribution in [0.3, 0.4) is 0 Å². The van der Waals surface area contributed by atoms with Crippen molar-refractivity contribution < 1.29 is 0 Å². The minimum atomic E-state index is -0.208. The number of nitrogens with zero attached hydrogens (tertiary/aromatic N) is 3. The molecule has 192 valence electrons. The molecule has 0 fully saturated rings. The monoisotopic (exact) mass is 507 g/mol. The Morgan fingerprint density at radius 3 is 1.67 bits per heavy atom. The SMILES string of the molecule is CC(C)(c1ccccc1)c1ccccc1-c1cccc2c1nnn2-c1ccccc1C(C)(C)c1ccccc1. The van der Waals surface area contributed by atoms with E-state index in [0.717, 1.165) is 22.3 Å². The van der Waals surface area contributed by atoms with Gasteiger partial charge < -0.3 is 0 Å². The van der Waals surface area contributed by atoms with Gasteiger partial charge in [-0.25, -0.2) is 4.68 Å². The number of fused-ring (bicyclic) bond motifs is 1. The molecule has 0 unspecified atom stereocenters. The zero-order chi connectivity index (χ0) is 27.0. The molecule has 0 saturated carbocycles. The molecule has 0 spiro atoms. The molecule has 3 heteroatoms. The summed E-state index contributed by atoms with van der Waals surface area (Å²) < 4.78 is 2.00. The zero-order valence-corrected chi connectivity index (χ0v) is 23.0. The topological polar surface area (TPSA) is 30.7 Å². The zero-order valence-electron chi connectivity index (χ0n) is 23.0. The molecule has 0 N–H and O–H groups in total. The number of hydrogen-bond acceptors (Lipinski definition) is 2. The third-order valence-corrected chi connectivity index (χ3v) is 8.16. The van der Waals surface area contributed by atoms with Crippen molar-refractivity contribution in [1.82, 2.24) is 15.0 Å². The second-order valence-electron chi connectivity index (χ2n) is 11.2. The summed E-state index contributed by atoms with van der Waals surface area (Å²) in [6.07, 6.45) is 0. The molecule has 0 aliphatic heterocycles. The molecule has 1 aromatic heterocycles. The van der Waals surface area contributed by atoms with Crippen LogP contribution < -0.4 is 0 Å². The van der Waals surface area contributed by atoms with Crippen molar-refractivity contribution >= 4 is 11.0 Å². The lowest BCUT2D eigenvalue weighted by Gasteiger charge is -2.29. The summed E-state index contributed by atoms with van der Waals surface area (Å²) in [4.78, 5) is 0. The number of para-hydroxylation sites is 1. The van der Waals surface area contributed by atoms with Crippen molar-refractivity contribution in [1.29, 1.82) is 0 Å². The Bertz CT molecular complexity index is 1750. The molecular weight excluding hydrogens is 474 g/mol. The standard InChI is InChI=1S/C36H33N3/c1-35(2,26-16-7-5-8-17-26)30-22-12-11-20-28(30)29-21-15-25-33-34(29)37-38-39(33)32-24-14-13-23-31(32)36(3,4)27-18-9-6-10-19-27/h5-25H,1-4H3. The van der Waals surface area contributed by atoms with Crippen LogP contribution in [-0.2, 0) is 10.8 Å². The van der Waals surface area contributed by atoms with Gasteiger partial charge in [-0.15, -0.1) is 5.10 Å². The largest absolute Gasteiger partial charge is 0.212 e. The molecule has 39 heavy (non-hydrogen) atoms. The van der Waals surface area contributed by atoms with Crippen molar-refractivity contribution in [2.45, 2.75) is 38.5 Å². The maximum atomic E-state index is 4.78. The van der Waals surface area contributed by atoms with Crippen molar-refractivity contribution in [2.75, 3.05) is 0 Å². The highest BCUT2D eigenvalue weighted by atomic mass is 15.4. The second kappa shape index (κ2) is 9.67. The van der Waals surface area contributed by atoms with Crippen LogP contribution in [-0.4, -0.2) is 15.0 Å². The molecular formula is C36H33N3. The molecule has 0 amide bonds. The maximum absolute atomic E-state index is 4.78. The lowest BCUT2D eigenvalue weighted by atomic mass is 9.75. The molecule has 0 radical (unpaired) electrons. The molecule has 6 rings (SSSR count). The van der Waals surface area contributed by atoms with E-state index in [1.54, 1.807) is 0 Å². The first-order valence-electron chi connectivity index (χ1n) is 13.5. The van der Waals surface area contributed by atoms with E-state index < -0.39 is 0 Å². The fourth-order valence-corrected chi connectivity index (χ4v) is 5.81. The predicted molar refractivity (Wildman–Crippen MR) is 161 cm³/mol. The van der Waals surface area contributed by atoms with E-state index in [9.17, 15) is 0 Å². The average molecular weight is 508 g/mol. The predicted octanol–water partition coefficient (Wildman–Crippen LogP) is 8.74. The summed E-state index contributed by atoms with van der Waals surface area (Å²) in [5.41, 5.74) is 9.86. The van der Waals surface area contributed by atoms with Crippen LogP contribution in [0.25, 0.3) is 27.8 Å². The van der Waals surface area contributed by atoms with Gasteiger partial charge in [0, 0.05) is 16.4 Å². The van der Waals surface area contributed by atoms with E-state index in [4.69, 9.17) is 10.3 Å². The Morgan fingerprint density at radius 1 is 0.487 bits per heavy atom. The summed E-state index contributed by atoms with van der Waals surface area (Å²) >= 11 is 0. The van der Waals surface area contributed by atoms with Crippen LogP contribution >= 0.6 is 0 Å². The number of rotatable bonds is 6. The molecule has 6 aromatic rings. The Hall–Kier alpha value is -4.50. The smallest absolute Gasteiger partial charge is 0.121 e. The minimum Gasteiger partial charge on any atom is -0.212 e. The third-order valence-electron chi connectivity index (χ3n) is 8.16. The van der Waals surface area contributed by atoms with E-state index in [-0.39, 0.29) is 10.8 Å². The number of aromatic nitrogens is 3. The normalized spacial score (nSPS) is 12.1. The lowest BCUT2D eigenvalue weighted by molar-refractivity contribution is 0.630. The van der Waals surface area contributed by atoms with Gasteiger partial charge in [-0.2, -0.15) is 0 Å². The Morgan fingerprint density at radius 2 is 1.00 bits per heavy atom. The molecule has 0 aliphatic rings. The second-order valence-corrected chi connectivity index (χ2v) is 11.2. The molecule has 3 nitrogen and oxygen atoms in total. The third kappa shape index (κ3) is 4.24. The summed E-state index contributed by atoms with van der Waals surface area (Å²) in [5.74, 6) is 0. The molecule has 0 saturated heterocycles. The first kappa shape index (κ1) is 24.8. The van der Waals surface area contributed by atoms with E-state index in [1.165, 1.54) is 27.8 Å². The summed E-state index contributed by atoms with van der Waals surface area (Å²) in [6, 6.07) is 45.0. The van der Waals surface area contributed by atoms with Gasteiger partial charge >= 0.3 is 0 Å². The van der Waals surface area contributed by atoms with Crippen molar-refractivity contribution in [2.24, 2.45) is 0 Å². The van der Waals surface area contributed by atoms with Gasteiger partial charge in [0.2, 0.25) is 0 Å². The van der Waals surface area contributed by atoms with Crippen LogP contribution in [0.5, 0.6) is 0 Å². The molecule has 0 bridgehead atoms. The van der Waals surface area contributed by atoms with Crippen LogP contribution in [0.1, 0.15) is 49.9 Å². The van der Waals surface area contributed by atoms with E-state index in [1.807, 2.05) is 4.68 Å². The summed E-state index contributed by atoms with van der Waals surface area (Å²) in [6.45, 7) is 9.13. The Labute approximate surface area is 230 Å². The van der Waals surface area contributed by atoms with Crippen LogP contribution in [0, 0.1) is 0 Å². The molecule has 0 atom stereocenters. The van der Waals surface area contributed by atoms with Crippen molar-refractivity contribution in [3.63, 3.8) is 0 Å². The molecule has 5 aromatic carbocycles. The fourth-order valence-electron chi connectivity index (χ4n) is 5.81. The van der Waals surface area contributed by atoms with Crippen LogP contribution in [0.2, 0.25) is 0 Å². The first-order chi connectivity index (χ1) is 18.9. The van der Waals surface area contributed by atoms with Gasteiger partial charge in [0.15, 0.2) is 0 Å². The van der Waals surface area contributed by atoms with E-state index in [2.05, 4.69) is 155 Å². The van der Waals surface area contributed by atoms with Gasteiger partial charge in [0.1, 0.15) is 5.52 Å². The van der Waals surface area contributed by atoms with Crippen LogP contribution in [0.15, 0.2) is 127 Å². The van der Waals surface area contributed by atoms with Crippen LogP contribution in [0.4, 0.5) is 0 Å². The van der Waals surface area contributed by atoms with Crippen molar-refractivity contribution in [3.05, 3.63) is 150 Å². The number of hydrogen-bond donors (Lipinski definition) is 0. The van der Waals surface area contributed by atoms with Gasteiger partial charge in [-0.05, 0) is 39.9 Å². The molecule has 0 aliphatic carbocycles. The summed E-state index contributed by atoms with van der Waals surface area (Å²) in [5, 5.41) is 9.51. The Balaban J connectivity index is 1.52. The van der Waals surface area contributed by atoms with Gasteiger partial charge in [-0.3, -0.25) is 0 Å². The molecule has 1 heterocycles. The summed E-state index contributed by atoms with van der Waals surface area (Å²) in [7, 11) is 0. The average Bonchev–Trinajstić information content (AvgIpc) is 3.42. The first-order valence-corrected chi connectivity index (χ1v) is 13.5. The minimum absolute atomic E-state index is 0.178. The lowest BCUT2D eigenvalue weighted by Crippen LogP contribution is -2.21. The van der Waals surface area contributed by atoms with Gasteiger partial charge in [0.05, 0.1) is 11.2 Å². The fraction of sp³-hybridized carbons (Fsp3) is 0.167. The highest BCUT2D eigenvalue weighted by molar-refractivity contribution is 5.93. The Kier molecular flexibility index (Phi) is 6.15. The van der Waals surface area contributed by atoms with E-state index >= 15 is 0 Å². The van der Waals surface area contributed by atoms with Gasteiger partial charge in [-0.1, -0.05) is 148 Å². The van der Waals surface area contributed by atoms with Crippen molar-refractivity contribution in [3.8, 4) is 16.8 Å². The van der Waals surface area contributed by atoms with Gasteiger partial charge in [0.25, 0.3) is 0 Å². The van der Waals surface area contributed by atoms with E-state index in [0.29, 0.717) is 0 Å². The maximum Gasteiger partial charge on any atom is 0.121 e. The highest BCUT2D eigenvalue weighted by Crippen LogP contribution is 2.41. The number of benzene rings is 5.